The van der Waals surface area contributed by atoms with Crippen molar-refractivity contribution in [3.63, 3.8) is 0 Å². The molecule has 0 aliphatic carbocycles. The highest BCUT2D eigenvalue weighted by molar-refractivity contribution is 7.38. The molecule has 0 N–H and O–H groups in total. The average Bonchev–Trinajstić information content (AvgIpc) is 2.17. The second-order valence-electron chi connectivity index (χ2n) is 2.41. The maximum atomic E-state index is 11.1. The summed E-state index contributed by atoms with van der Waals surface area (Å²) in [5.41, 5.74) is 0. The molecule has 72 valence electrons. The Morgan fingerprint density at radius 3 is 2.62 bits per heavy atom. The number of para-hydroxylation sites is 1. The first-order valence-corrected chi connectivity index (χ1v) is 5.68. The molecule has 4 heteroatoms. The van der Waals surface area contributed by atoms with Crippen LogP contribution in [0.25, 0.3) is 0 Å². The molecule has 0 spiro atoms. The maximum Gasteiger partial charge on any atom is 0.227 e. The van der Waals surface area contributed by atoms with Crippen LogP contribution in [0.1, 0.15) is 6.92 Å². The summed E-state index contributed by atoms with van der Waals surface area (Å²) in [5, 5.41) is 0. The van der Waals surface area contributed by atoms with Gasteiger partial charge in [-0.1, -0.05) is 18.2 Å². The third-order valence-electron chi connectivity index (χ3n) is 1.41. The summed E-state index contributed by atoms with van der Waals surface area (Å²) < 4.78 is 21.2. The summed E-state index contributed by atoms with van der Waals surface area (Å²) in [6.07, 6.45) is 0.155. The van der Waals surface area contributed by atoms with Gasteiger partial charge in [-0.15, -0.1) is 0 Å². The average molecular weight is 200 g/mol. The molecule has 0 amide bonds. The summed E-state index contributed by atoms with van der Waals surface area (Å²) in [6, 6.07) is 9.28. The lowest BCUT2D eigenvalue weighted by molar-refractivity contribution is 0.310. The molecule has 0 aromatic heterocycles. The van der Waals surface area contributed by atoms with Gasteiger partial charge >= 0.3 is 0 Å². The monoisotopic (exact) mass is 200 g/mol. The molecule has 0 radical (unpaired) electrons. The minimum absolute atomic E-state index is 0.155. The topological polar surface area (TPSA) is 35.5 Å². The molecule has 0 aliphatic heterocycles. The van der Waals surface area contributed by atoms with E-state index in [-0.39, 0.29) is 6.35 Å². The van der Waals surface area contributed by atoms with E-state index in [1.54, 1.807) is 0 Å². The van der Waals surface area contributed by atoms with Crippen molar-refractivity contribution in [1.82, 2.24) is 0 Å². The van der Waals surface area contributed by atoms with Gasteiger partial charge in [-0.05, 0) is 19.1 Å². The number of benzene rings is 1. The van der Waals surface area contributed by atoms with Crippen molar-refractivity contribution in [2.24, 2.45) is 0 Å². The van der Waals surface area contributed by atoms with Crippen LogP contribution in [0, 0.1) is 0 Å². The smallest absolute Gasteiger partial charge is 0.227 e. The summed E-state index contributed by atoms with van der Waals surface area (Å²) >= 11 is 0. The molecule has 0 heterocycles. The molecular weight excluding hydrogens is 187 g/mol. The first-order valence-electron chi connectivity index (χ1n) is 4.16. The van der Waals surface area contributed by atoms with Crippen LogP contribution < -0.4 is 4.74 Å². The number of hydrogen-bond donors (Lipinski definition) is 0. The molecule has 0 aliphatic rings. The molecule has 13 heavy (non-hydrogen) atoms. The van der Waals surface area contributed by atoms with Crippen molar-refractivity contribution in [2.75, 3.05) is 13.0 Å². The van der Waals surface area contributed by atoms with Gasteiger partial charge in [0.05, 0.1) is 6.61 Å². The van der Waals surface area contributed by atoms with Crippen LogP contribution in [0.4, 0.5) is 0 Å². The van der Waals surface area contributed by atoms with Gasteiger partial charge in [0.15, 0.2) is 6.35 Å². The van der Waals surface area contributed by atoms with Gasteiger partial charge in [-0.3, -0.25) is 4.57 Å². The highest BCUT2D eigenvalue weighted by Gasteiger charge is 1.98. The van der Waals surface area contributed by atoms with Gasteiger partial charge in [0.25, 0.3) is 0 Å². The largest absolute Gasteiger partial charge is 0.484 e. The van der Waals surface area contributed by atoms with E-state index in [0.29, 0.717) is 6.61 Å². The van der Waals surface area contributed by atoms with Crippen LogP contribution >= 0.6 is 8.03 Å². The van der Waals surface area contributed by atoms with E-state index in [1.807, 2.05) is 37.3 Å². The lowest BCUT2D eigenvalue weighted by atomic mass is 10.3. The van der Waals surface area contributed by atoms with Crippen molar-refractivity contribution in [1.29, 1.82) is 0 Å². The Morgan fingerprint density at radius 2 is 2.00 bits per heavy atom. The number of rotatable bonds is 5. The van der Waals surface area contributed by atoms with Crippen LogP contribution in [-0.4, -0.2) is 13.0 Å². The standard InChI is InChI=1S/C9H13O3P/c1-2-12-13(10)8-11-9-6-4-3-5-7-9/h3-7,13H,2,8H2,1H3. The van der Waals surface area contributed by atoms with Crippen molar-refractivity contribution in [3.8, 4) is 5.75 Å². The van der Waals surface area contributed by atoms with Crippen molar-refractivity contribution in [3.05, 3.63) is 30.3 Å². The van der Waals surface area contributed by atoms with Gasteiger partial charge in [-0.2, -0.15) is 0 Å². The lowest BCUT2D eigenvalue weighted by Crippen LogP contribution is -1.93. The van der Waals surface area contributed by atoms with Crippen LogP contribution in [-0.2, 0) is 9.09 Å². The fourth-order valence-corrected chi connectivity index (χ4v) is 1.55. The Labute approximate surface area is 78.5 Å². The predicted molar refractivity (Wildman–Crippen MR) is 52.6 cm³/mol. The van der Waals surface area contributed by atoms with E-state index >= 15 is 0 Å². The Balaban J connectivity index is 2.31. The van der Waals surface area contributed by atoms with E-state index < -0.39 is 8.03 Å². The first kappa shape index (κ1) is 10.3. The predicted octanol–water partition coefficient (Wildman–Crippen LogP) is 2.53. The van der Waals surface area contributed by atoms with Gasteiger partial charge in [0, 0.05) is 0 Å². The fourth-order valence-electron chi connectivity index (χ4n) is 0.862. The molecule has 1 rings (SSSR count). The first-order chi connectivity index (χ1) is 6.33. The molecule has 1 atom stereocenters. The van der Waals surface area contributed by atoms with E-state index in [1.165, 1.54) is 0 Å². The Bertz CT molecular complexity index is 261. The summed E-state index contributed by atoms with van der Waals surface area (Å²) in [5.74, 6) is 0.723. The molecule has 0 bridgehead atoms. The summed E-state index contributed by atoms with van der Waals surface area (Å²) in [6.45, 7) is 2.28. The minimum Gasteiger partial charge on any atom is -0.484 e. The molecule has 0 saturated carbocycles. The van der Waals surface area contributed by atoms with Crippen LogP contribution in [0.3, 0.4) is 0 Å². The highest BCUT2D eigenvalue weighted by atomic mass is 31.1. The Hall–Kier alpha value is -0.790. The van der Waals surface area contributed by atoms with Gasteiger partial charge < -0.3 is 9.26 Å². The SMILES string of the molecule is CCO[PH](=O)COc1ccccc1. The van der Waals surface area contributed by atoms with E-state index in [9.17, 15) is 4.57 Å². The number of hydrogen-bond acceptors (Lipinski definition) is 3. The van der Waals surface area contributed by atoms with Crippen molar-refractivity contribution >= 4 is 8.03 Å². The zero-order valence-electron chi connectivity index (χ0n) is 7.53. The molecule has 3 nitrogen and oxygen atoms in total. The quantitative estimate of drug-likeness (QED) is 0.685. The maximum absolute atomic E-state index is 11.1. The van der Waals surface area contributed by atoms with Gasteiger partial charge in [-0.25, -0.2) is 0 Å². The summed E-state index contributed by atoms with van der Waals surface area (Å²) in [7, 11) is -2.01. The van der Waals surface area contributed by atoms with E-state index in [0.717, 1.165) is 5.75 Å². The van der Waals surface area contributed by atoms with Gasteiger partial charge in [0.2, 0.25) is 8.03 Å². The molecule has 1 aromatic carbocycles. The summed E-state index contributed by atoms with van der Waals surface area (Å²) in [4.78, 5) is 0. The second kappa shape index (κ2) is 5.79. The molecule has 1 aromatic rings. The van der Waals surface area contributed by atoms with Gasteiger partial charge in [0.1, 0.15) is 5.75 Å². The third-order valence-corrected chi connectivity index (χ3v) is 2.40. The normalized spacial score (nSPS) is 12.4. The van der Waals surface area contributed by atoms with E-state index in [4.69, 9.17) is 9.26 Å². The van der Waals surface area contributed by atoms with Crippen LogP contribution in [0.2, 0.25) is 0 Å². The zero-order valence-corrected chi connectivity index (χ0v) is 8.53. The van der Waals surface area contributed by atoms with E-state index in [2.05, 4.69) is 0 Å². The lowest BCUT2D eigenvalue weighted by Gasteiger charge is -2.04. The van der Waals surface area contributed by atoms with Crippen molar-refractivity contribution < 1.29 is 13.8 Å². The molecule has 0 fully saturated rings. The van der Waals surface area contributed by atoms with Crippen molar-refractivity contribution in [2.45, 2.75) is 6.92 Å². The van der Waals surface area contributed by atoms with Crippen LogP contribution in [0.5, 0.6) is 5.75 Å². The number of ether oxygens (including phenoxy) is 1. The highest BCUT2D eigenvalue weighted by Crippen LogP contribution is 2.22. The Kier molecular flexibility index (Phi) is 4.58. The Morgan fingerprint density at radius 1 is 1.31 bits per heavy atom. The second-order valence-corrected chi connectivity index (χ2v) is 3.73. The zero-order chi connectivity index (χ0) is 9.52. The molecule has 0 saturated heterocycles. The molecule has 1 unspecified atom stereocenters. The third kappa shape index (κ3) is 4.11. The molecular formula is C9H13O3P. The minimum atomic E-state index is -2.01. The fraction of sp³-hybridized carbons (Fsp3) is 0.333. The van der Waals surface area contributed by atoms with Crippen LogP contribution in [0.15, 0.2) is 30.3 Å².